The minimum Gasteiger partial charge on any atom is -0.385 e. The maximum Gasteiger partial charge on any atom is 0.221 e. The Hall–Kier alpha value is -2.00. The van der Waals surface area contributed by atoms with E-state index in [1.807, 2.05) is 36.4 Å². The molecule has 3 nitrogen and oxygen atoms in total. The maximum atomic E-state index is 11.8. The number of halogens is 1. The number of rotatable bonds is 7. The van der Waals surface area contributed by atoms with Crippen LogP contribution in [0.5, 0.6) is 0 Å². The molecule has 2 aromatic rings. The first kappa shape index (κ1) is 16.4. The van der Waals surface area contributed by atoms with Crippen molar-refractivity contribution >= 4 is 23.2 Å². The predicted molar refractivity (Wildman–Crippen MR) is 92.5 cm³/mol. The SMILES string of the molecule is Cc1ccc(NCCC(=O)NCCc2ccc(Cl)cc2)cc1. The van der Waals surface area contributed by atoms with Crippen LogP contribution < -0.4 is 10.6 Å². The zero-order chi connectivity index (χ0) is 15.8. The van der Waals surface area contributed by atoms with E-state index in [1.165, 1.54) is 11.1 Å². The van der Waals surface area contributed by atoms with Crippen LogP contribution in [0.1, 0.15) is 17.5 Å². The number of aryl methyl sites for hydroxylation is 1. The Labute approximate surface area is 136 Å². The van der Waals surface area contributed by atoms with Crippen LogP contribution in [0.25, 0.3) is 0 Å². The van der Waals surface area contributed by atoms with Gasteiger partial charge in [0, 0.05) is 30.2 Å². The van der Waals surface area contributed by atoms with Crippen LogP contribution in [0.15, 0.2) is 48.5 Å². The van der Waals surface area contributed by atoms with Gasteiger partial charge in [-0.2, -0.15) is 0 Å². The second kappa shape index (κ2) is 8.44. The third-order valence-electron chi connectivity index (χ3n) is 3.38. The molecule has 0 spiro atoms. The van der Waals surface area contributed by atoms with E-state index in [0.717, 1.165) is 17.1 Å². The predicted octanol–water partition coefficient (Wildman–Crippen LogP) is 3.81. The monoisotopic (exact) mass is 316 g/mol. The smallest absolute Gasteiger partial charge is 0.221 e. The van der Waals surface area contributed by atoms with E-state index in [0.29, 0.717) is 19.5 Å². The number of benzene rings is 2. The minimum atomic E-state index is 0.0635. The molecular weight excluding hydrogens is 296 g/mol. The summed E-state index contributed by atoms with van der Waals surface area (Å²) in [5.41, 5.74) is 3.44. The van der Waals surface area contributed by atoms with E-state index in [2.05, 4.69) is 29.7 Å². The van der Waals surface area contributed by atoms with Crippen LogP contribution in [0.4, 0.5) is 5.69 Å². The van der Waals surface area contributed by atoms with Crippen molar-refractivity contribution in [2.45, 2.75) is 19.8 Å². The fourth-order valence-electron chi connectivity index (χ4n) is 2.08. The van der Waals surface area contributed by atoms with Gasteiger partial charge in [-0.05, 0) is 43.2 Å². The summed E-state index contributed by atoms with van der Waals surface area (Å²) in [4.78, 5) is 11.8. The van der Waals surface area contributed by atoms with E-state index in [1.54, 1.807) is 0 Å². The quantitative estimate of drug-likeness (QED) is 0.815. The molecule has 1 amide bonds. The first-order chi connectivity index (χ1) is 10.6. The number of amides is 1. The molecule has 22 heavy (non-hydrogen) atoms. The van der Waals surface area contributed by atoms with Crippen molar-refractivity contribution in [2.24, 2.45) is 0 Å². The zero-order valence-corrected chi connectivity index (χ0v) is 13.5. The van der Waals surface area contributed by atoms with E-state index < -0.39 is 0 Å². The van der Waals surface area contributed by atoms with Gasteiger partial charge in [0.15, 0.2) is 0 Å². The third-order valence-corrected chi connectivity index (χ3v) is 3.63. The highest BCUT2D eigenvalue weighted by Gasteiger charge is 2.01. The number of hydrogen-bond acceptors (Lipinski definition) is 2. The highest BCUT2D eigenvalue weighted by molar-refractivity contribution is 6.30. The summed E-state index contributed by atoms with van der Waals surface area (Å²) in [6, 6.07) is 15.8. The first-order valence-electron chi connectivity index (χ1n) is 7.45. The lowest BCUT2D eigenvalue weighted by Gasteiger charge is -2.08. The Morgan fingerprint density at radius 2 is 1.68 bits per heavy atom. The molecule has 0 unspecified atom stereocenters. The van der Waals surface area contributed by atoms with Crippen molar-refractivity contribution < 1.29 is 4.79 Å². The standard InChI is InChI=1S/C18H21ClN2O/c1-14-2-8-17(9-3-14)20-13-11-18(22)21-12-10-15-4-6-16(19)7-5-15/h2-9,20H,10-13H2,1H3,(H,21,22). The van der Waals surface area contributed by atoms with Gasteiger partial charge in [-0.1, -0.05) is 41.4 Å². The summed E-state index contributed by atoms with van der Waals surface area (Å²) < 4.78 is 0. The topological polar surface area (TPSA) is 41.1 Å². The van der Waals surface area contributed by atoms with Gasteiger partial charge in [0.25, 0.3) is 0 Å². The summed E-state index contributed by atoms with van der Waals surface area (Å²) in [7, 11) is 0. The van der Waals surface area contributed by atoms with Gasteiger partial charge in [0.05, 0.1) is 0 Å². The number of hydrogen-bond donors (Lipinski definition) is 2. The Morgan fingerprint density at radius 1 is 1.00 bits per heavy atom. The number of carbonyl (C=O) groups excluding carboxylic acids is 1. The summed E-state index contributed by atoms with van der Waals surface area (Å²) in [6.07, 6.45) is 1.28. The summed E-state index contributed by atoms with van der Waals surface area (Å²) in [5, 5.41) is 6.90. The molecule has 4 heteroatoms. The highest BCUT2D eigenvalue weighted by atomic mass is 35.5. The fraction of sp³-hybridized carbons (Fsp3) is 0.278. The summed E-state index contributed by atoms with van der Waals surface area (Å²) >= 11 is 5.84. The highest BCUT2D eigenvalue weighted by Crippen LogP contribution is 2.10. The van der Waals surface area contributed by atoms with E-state index in [9.17, 15) is 4.79 Å². The largest absolute Gasteiger partial charge is 0.385 e. The molecule has 0 saturated heterocycles. The van der Waals surface area contributed by atoms with Crippen LogP contribution in [0, 0.1) is 6.92 Å². The average molecular weight is 317 g/mol. The Morgan fingerprint density at radius 3 is 2.36 bits per heavy atom. The molecule has 0 aromatic heterocycles. The van der Waals surface area contributed by atoms with Crippen LogP contribution in [0.3, 0.4) is 0 Å². The second-order valence-electron chi connectivity index (χ2n) is 5.27. The van der Waals surface area contributed by atoms with E-state index in [-0.39, 0.29) is 5.91 Å². The van der Waals surface area contributed by atoms with Crippen molar-refractivity contribution in [3.63, 3.8) is 0 Å². The lowest BCUT2D eigenvalue weighted by Crippen LogP contribution is -2.27. The van der Waals surface area contributed by atoms with Crippen LogP contribution in [0.2, 0.25) is 5.02 Å². The number of carbonyl (C=O) groups is 1. The molecule has 0 fully saturated rings. The molecule has 2 rings (SSSR count). The molecule has 0 atom stereocenters. The van der Waals surface area contributed by atoms with Gasteiger partial charge >= 0.3 is 0 Å². The first-order valence-corrected chi connectivity index (χ1v) is 7.83. The lowest BCUT2D eigenvalue weighted by atomic mass is 10.1. The van der Waals surface area contributed by atoms with Gasteiger partial charge in [0.1, 0.15) is 0 Å². The van der Waals surface area contributed by atoms with Crippen LogP contribution >= 0.6 is 11.6 Å². The van der Waals surface area contributed by atoms with E-state index >= 15 is 0 Å². The molecular formula is C18H21ClN2O. The van der Waals surface area contributed by atoms with Crippen molar-refractivity contribution in [2.75, 3.05) is 18.4 Å². The average Bonchev–Trinajstić information content (AvgIpc) is 2.51. The minimum absolute atomic E-state index is 0.0635. The van der Waals surface area contributed by atoms with Crippen molar-refractivity contribution in [1.29, 1.82) is 0 Å². The Balaban J connectivity index is 1.61. The zero-order valence-electron chi connectivity index (χ0n) is 12.7. The summed E-state index contributed by atoms with van der Waals surface area (Å²) in [5.74, 6) is 0.0635. The third kappa shape index (κ3) is 5.78. The molecule has 0 heterocycles. The molecule has 2 aromatic carbocycles. The molecule has 0 bridgehead atoms. The van der Waals surface area contributed by atoms with Crippen molar-refractivity contribution in [3.05, 3.63) is 64.7 Å². The van der Waals surface area contributed by atoms with Gasteiger partial charge in [-0.25, -0.2) is 0 Å². The molecule has 2 N–H and O–H groups in total. The maximum absolute atomic E-state index is 11.8. The molecule has 0 aliphatic heterocycles. The fourth-order valence-corrected chi connectivity index (χ4v) is 2.20. The molecule has 0 aliphatic rings. The van der Waals surface area contributed by atoms with Gasteiger partial charge in [-0.3, -0.25) is 4.79 Å². The Bertz CT molecular complexity index is 540. The number of anilines is 1. The van der Waals surface area contributed by atoms with Gasteiger partial charge < -0.3 is 10.6 Å². The van der Waals surface area contributed by atoms with E-state index in [4.69, 9.17) is 11.6 Å². The van der Waals surface area contributed by atoms with Gasteiger partial charge in [0.2, 0.25) is 5.91 Å². The van der Waals surface area contributed by atoms with Crippen molar-refractivity contribution in [3.8, 4) is 0 Å². The molecule has 0 aliphatic carbocycles. The van der Waals surface area contributed by atoms with Crippen LogP contribution in [-0.2, 0) is 11.2 Å². The second-order valence-corrected chi connectivity index (χ2v) is 5.71. The number of nitrogens with one attached hydrogen (secondary N) is 2. The van der Waals surface area contributed by atoms with Crippen molar-refractivity contribution in [1.82, 2.24) is 5.32 Å². The normalized spacial score (nSPS) is 10.3. The lowest BCUT2D eigenvalue weighted by molar-refractivity contribution is -0.120. The summed E-state index contributed by atoms with van der Waals surface area (Å²) in [6.45, 7) is 3.33. The van der Waals surface area contributed by atoms with Crippen LogP contribution in [-0.4, -0.2) is 19.0 Å². The Kier molecular flexibility index (Phi) is 6.28. The van der Waals surface area contributed by atoms with Gasteiger partial charge in [-0.15, -0.1) is 0 Å². The molecule has 0 radical (unpaired) electrons. The molecule has 116 valence electrons. The molecule has 0 saturated carbocycles.